The highest BCUT2D eigenvalue weighted by Crippen LogP contribution is 2.29. The molecule has 1 aliphatic heterocycles. The first-order chi connectivity index (χ1) is 11.7. The number of nitrogens with two attached hydrogens (primary N) is 1. The number of anilines is 2. The van der Waals surface area contributed by atoms with Gasteiger partial charge in [0, 0.05) is 42.3 Å². The van der Waals surface area contributed by atoms with E-state index < -0.39 is 0 Å². The summed E-state index contributed by atoms with van der Waals surface area (Å²) >= 11 is 0. The smallest absolute Gasteiger partial charge is 0.172 e. The van der Waals surface area contributed by atoms with Crippen molar-refractivity contribution in [2.75, 3.05) is 43.9 Å². The Kier molecular flexibility index (Phi) is 6.69. The first-order valence-electron chi connectivity index (χ1n) is 8.35. The molecule has 0 amide bonds. The summed E-state index contributed by atoms with van der Waals surface area (Å²) in [5.41, 5.74) is 9.18. The fourth-order valence-electron chi connectivity index (χ4n) is 3.32. The molecule has 0 spiro atoms. The van der Waals surface area contributed by atoms with Gasteiger partial charge in [0.1, 0.15) is 0 Å². The molecule has 3 heterocycles. The maximum atomic E-state index is 6.14. The van der Waals surface area contributed by atoms with Gasteiger partial charge in [0.2, 0.25) is 0 Å². The van der Waals surface area contributed by atoms with E-state index >= 15 is 0 Å². The lowest BCUT2D eigenvalue weighted by Gasteiger charge is -2.23. The van der Waals surface area contributed by atoms with Crippen LogP contribution in [-0.2, 0) is 0 Å². The minimum absolute atomic E-state index is 0. The zero-order valence-electron chi connectivity index (χ0n) is 14.7. The van der Waals surface area contributed by atoms with Crippen molar-refractivity contribution in [2.24, 2.45) is 0 Å². The number of fused-ring (bicyclic) bond motifs is 1. The predicted molar refractivity (Wildman–Crippen MR) is 113 cm³/mol. The minimum atomic E-state index is 0. The van der Waals surface area contributed by atoms with E-state index in [1.165, 1.54) is 0 Å². The Labute approximate surface area is 165 Å². The minimum Gasteiger partial charge on any atom is -0.381 e. The molecule has 0 radical (unpaired) electrons. The lowest BCUT2D eigenvalue weighted by molar-refractivity contribution is 0.360. The van der Waals surface area contributed by atoms with Crippen molar-refractivity contribution in [1.29, 1.82) is 0 Å². The van der Waals surface area contributed by atoms with Crippen molar-refractivity contribution in [1.82, 2.24) is 19.9 Å². The molecule has 1 aromatic carbocycles. The van der Waals surface area contributed by atoms with E-state index in [0.717, 1.165) is 60.6 Å². The summed E-state index contributed by atoms with van der Waals surface area (Å²) in [6, 6.07) is 8.25. The fourth-order valence-corrected chi connectivity index (χ4v) is 3.32. The van der Waals surface area contributed by atoms with Crippen molar-refractivity contribution < 1.29 is 0 Å². The molecule has 1 fully saturated rings. The normalized spacial score (nSPS) is 15.2. The molecular weight excluding hydrogens is 371 g/mol. The molecule has 0 bridgehead atoms. The van der Waals surface area contributed by atoms with Crippen LogP contribution in [0.15, 0.2) is 36.7 Å². The maximum Gasteiger partial charge on any atom is 0.172 e. The number of nitrogen functional groups attached to an aromatic ring is 1. The number of hydrogen-bond acceptors (Lipinski definition) is 5. The molecule has 6 nitrogen and oxygen atoms in total. The van der Waals surface area contributed by atoms with Crippen LogP contribution >= 0.6 is 24.8 Å². The Hall–Kier alpha value is -2.02. The third-order valence-electron chi connectivity index (χ3n) is 4.67. The van der Waals surface area contributed by atoms with Crippen molar-refractivity contribution in [3.05, 3.63) is 36.7 Å². The third-order valence-corrected chi connectivity index (χ3v) is 4.67. The van der Waals surface area contributed by atoms with Gasteiger partial charge < -0.3 is 20.5 Å². The summed E-state index contributed by atoms with van der Waals surface area (Å²) in [5, 5.41) is 1.15. The third kappa shape index (κ3) is 3.87. The summed E-state index contributed by atoms with van der Waals surface area (Å²) in [6.45, 7) is 4.00. The van der Waals surface area contributed by atoms with Gasteiger partial charge in [-0.25, -0.2) is 9.97 Å². The van der Waals surface area contributed by atoms with Crippen LogP contribution < -0.4 is 10.6 Å². The van der Waals surface area contributed by atoms with E-state index in [-0.39, 0.29) is 24.8 Å². The zero-order chi connectivity index (χ0) is 16.5. The molecule has 4 rings (SSSR count). The molecule has 8 heteroatoms. The van der Waals surface area contributed by atoms with Crippen molar-refractivity contribution in [2.45, 2.75) is 6.42 Å². The Bertz CT molecular complexity index is 866. The highest BCUT2D eigenvalue weighted by molar-refractivity contribution is 5.94. The second kappa shape index (κ2) is 8.58. The van der Waals surface area contributed by atoms with Crippen molar-refractivity contribution in [3.63, 3.8) is 0 Å². The van der Waals surface area contributed by atoms with E-state index in [0.29, 0.717) is 5.82 Å². The van der Waals surface area contributed by atoms with Gasteiger partial charge in [0.05, 0.1) is 11.9 Å². The van der Waals surface area contributed by atoms with Crippen LogP contribution in [0.25, 0.3) is 22.2 Å². The van der Waals surface area contributed by atoms with Crippen LogP contribution in [-0.4, -0.2) is 53.1 Å². The van der Waals surface area contributed by atoms with E-state index in [4.69, 9.17) is 10.7 Å². The van der Waals surface area contributed by atoms with Crippen molar-refractivity contribution >= 4 is 47.4 Å². The van der Waals surface area contributed by atoms with Crippen molar-refractivity contribution in [3.8, 4) is 11.3 Å². The topological polar surface area (TPSA) is 74.1 Å². The molecule has 3 N–H and O–H groups in total. The summed E-state index contributed by atoms with van der Waals surface area (Å²) in [5.74, 6) is 1.31. The van der Waals surface area contributed by atoms with E-state index in [1.807, 2.05) is 12.3 Å². The van der Waals surface area contributed by atoms with Crippen LogP contribution in [0.1, 0.15) is 6.42 Å². The molecule has 26 heavy (non-hydrogen) atoms. The standard InChI is InChI=1S/C18H22N6.2ClH/c1-23-8-3-9-24(11-10-23)18-17(19)21-12-16(22-18)13-4-2-5-15-14(13)6-7-20-15;;/h2,4-7,12,20H,3,8-11H2,1H3,(H2,19,21);2*1H. The second-order valence-corrected chi connectivity index (χ2v) is 6.35. The Morgan fingerprint density at radius 1 is 1.08 bits per heavy atom. The number of likely N-dealkylation sites (N-methyl/N-ethyl adjacent to an activating group) is 1. The maximum absolute atomic E-state index is 6.14. The van der Waals surface area contributed by atoms with Gasteiger partial charge in [-0.3, -0.25) is 0 Å². The Morgan fingerprint density at radius 3 is 2.77 bits per heavy atom. The van der Waals surface area contributed by atoms with Gasteiger partial charge in [-0.05, 0) is 32.1 Å². The lowest BCUT2D eigenvalue weighted by atomic mass is 10.1. The van der Waals surface area contributed by atoms with Gasteiger partial charge in [0.15, 0.2) is 11.6 Å². The molecule has 0 saturated carbocycles. The van der Waals surface area contributed by atoms with Crippen LogP contribution in [0.5, 0.6) is 0 Å². The predicted octanol–water partition coefficient (Wildman–Crippen LogP) is 3.19. The van der Waals surface area contributed by atoms with Crippen LogP contribution in [0.2, 0.25) is 0 Å². The molecule has 0 atom stereocenters. The summed E-state index contributed by atoms with van der Waals surface area (Å²) in [6.07, 6.45) is 4.82. The lowest BCUT2D eigenvalue weighted by Crippen LogP contribution is -2.30. The number of benzene rings is 1. The largest absolute Gasteiger partial charge is 0.381 e. The summed E-state index contributed by atoms with van der Waals surface area (Å²) in [7, 11) is 2.15. The van der Waals surface area contributed by atoms with E-state index in [1.54, 1.807) is 6.20 Å². The molecule has 0 unspecified atom stereocenters. The summed E-state index contributed by atoms with van der Waals surface area (Å²) in [4.78, 5) is 17.1. The average molecular weight is 395 g/mol. The van der Waals surface area contributed by atoms with Gasteiger partial charge in [-0.1, -0.05) is 12.1 Å². The van der Waals surface area contributed by atoms with Gasteiger partial charge in [-0.15, -0.1) is 24.8 Å². The SMILES string of the molecule is CN1CCCN(c2nc(-c3cccc4[nH]ccc34)cnc2N)CC1.Cl.Cl. The fraction of sp³-hybridized carbons (Fsp3) is 0.333. The highest BCUT2D eigenvalue weighted by Gasteiger charge is 2.18. The van der Waals surface area contributed by atoms with Gasteiger partial charge >= 0.3 is 0 Å². The van der Waals surface area contributed by atoms with E-state index in [2.05, 4.69) is 45.0 Å². The van der Waals surface area contributed by atoms with Crippen LogP contribution in [0.3, 0.4) is 0 Å². The van der Waals surface area contributed by atoms with Crippen LogP contribution in [0.4, 0.5) is 11.6 Å². The molecule has 1 aliphatic rings. The van der Waals surface area contributed by atoms with Crippen LogP contribution in [0, 0.1) is 0 Å². The number of nitrogens with one attached hydrogen (secondary N) is 1. The monoisotopic (exact) mass is 394 g/mol. The molecular formula is C18H24Cl2N6. The van der Waals surface area contributed by atoms with E-state index in [9.17, 15) is 0 Å². The number of nitrogens with zero attached hydrogens (tertiary/aromatic N) is 4. The molecule has 3 aromatic rings. The summed E-state index contributed by atoms with van der Waals surface area (Å²) < 4.78 is 0. The Balaban J connectivity index is 0.00000121. The first-order valence-corrected chi connectivity index (χ1v) is 8.35. The molecule has 1 saturated heterocycles. The number of halogens is 2. The first kappa shape index (κ1) is 20.3. The molecule has 140 valence electrons. The molecule has 0 aliphatic carbocycles. The zero-order valence-corrected chi connectivity index (χ0v) is 16.3. The second-order valence-electron chi connectivity index (χ2n) is 6.35. The van der Waals surface area contributed by atoms with Gasteiger partial charge in [-0.2, -0.15) is 0 Å². The van der Waals surface area contributed by atoms with Gasteiger partial charge in [0.25, 0.3) is 0 Å². The number of hydrogen-bond donors (Lipinski definition) is 2. The average Bonchev–Trinajstić information content (AvgIpc) is 2.97. The number of rotatable bonds is 2. The quantitative estimate of drug-likeness (QED) is 0.697. The molecule has 2 aromatic heterocycles. The number of aromatic nitrogens is 3. The number of aromatic amines is 1. The highest BCUT2D eigenvalue weighted by atomic mass is 35.5. The number of H-pyrrole nitrogens is 1. The Morgan fingerprint density at radius 2 is 1.92 bits per heavy atom.